The number of fused-ring (bicyclic) bond motifs is 1. The van der Waals surface area contributed by atoms with Crippen molar-refractivity contribution in [3.05, 3.63) is 11.3 Å². The fourth-order valence-corrected chi connectivity index (χ4v) is 3.43. The SMILES string of the molecule is CC1CN2CCCCC2CN1c1ncnc(N)c1Cl. The summed E-state index contributed by atoms with van der Waals surface area (Å²) in [5.41, 5.74) is 5.78. The van der Waals surface area contributed by atoms with Crippen LogP contribution in [-0.4, -0.2) is 46.6 Å². The Balaban J connectivity index is 1.86. The minimum atomic E-state index is 0.366. The van der Waals surface area contributed by atoms with Crippen molar-refractivity contribution in [3.63, 3.8) is 0 Å². The second kappa shape index (κ2) is 5.13. The van der Waals surface area contributed by atoms with E-state index in [1.54, 1.807) is 0 Å². The molecule has 2 saturated heterocycles. The molecule has 1 aromatic heterocycles. The second-order valence-corrected chi connectivity index (χ2v) is 5.92. The van der Waals surface area contributed by atoms with Gasteiger partial charge in [-0.05, 0) is 26.3 Å². The number of nitrogens with two attached hydrogens (primary N) is 1. The highest BCUT2D eigenvalue weighted by Gasteiger charge is 2.34. The largest absolute Gasteiger partial charge is 0.382 e. The van der Waals surface area contributed by atoms with Crippen LogP contribution >= 0.6 is 11.6 Å². The quantitative estimate of drug-likeness (QED) is 0.850. The Morgan fingerprint density at radius 2 is 2.16 bits per heavy atom. The molecule has 0 amide bonds. The Morgan fingerprint density at radius 3 is 3.00 bits per heavy atom. The van der Waals surface area contributed by atoms with E-state index in [4.69, 9.17) is 17.3 Å². The van der Waals surface area contributed by atoms with E-state index in [-0.39, 0.29) is 0 Å². The first-order valence-corrected chi connectivity index (χ1v) is 7.31. The minimum Gasteiger partial charge on any atom is -0.382 e. The molecule has 0 aromatic carbocycles. The van der Waals surface area contributed by atoms with Gasteiger partial charge in [0.05, 0.1) is 0 Å². The maximum Gasteiger partial charge on any atom is 0.153 e. The summed E-state index contributed by atoms with van der Waals surface area (Å²) in [5.74, 6) is 1.15. The lowest BCUT2D eigenvalue weighted by Crippen LogP contribution is -2.59. The molecule has 0 spiro atoms. The fourth-order valence-electron chi connectivity index (χ4n) is 3.22. The van der Waals surface area contributed by atoms with Crippen LogP contribution in [0.1, 0.15) is 26.2 Å². The van der Waals surface area contributed by atoms with Gasteiger partial charge in [-0.2, -0.15) is 0 Å². The standard InChI is InChI=1S/C13H20ClN5/c1-9-6-18-5-3-2-4-10(18)7-19(9)13-11(14)12(15)16-8-17-13/h8-10H,2-7H2,1H3,(H2,15,16,17). The molecule has 6 heteroatoms. The van der Waals surface area contributed by atoms with Gasteiger partial charge in [0, 0.05) is 25.2 Å². The first-order chi connectivity index (χ1) is 9.16. The lowest BCUT2D eigenvalue weighted by molar-refractivity contribution is 0.115. The molecule has 2 unspecified atom stereocenters. The van der Waals surface area contributed by atoms with Gasteiger partial charge in [-0.25, -0.2) is 9.97 Å². The Hall–Kier alpha value is -1.07. The number of rotatable bonds is 1. The molecule has 104 valence electrons. The van der Waals surface area contributed by atoms with Gasteiger partial charge in [0.2, 0.25) is 0 Å². The van der Waals surface area contributed by atoms with Gasteiger partial charge < -0.3 is 10.6 Å². The first kappa shape index (κ1) is 12.9. The van der Waals surface area contributed by atoms with E-state index in [2.05, 4.69) is 26.7 Å². The average Bonchev–Trinajstić information content (AvgIpc) is 2.41. The Bertz CT molecular complexity index is 466. The van der Waals surface area contributed by atoms with Crippen molar-refractivity contribution < 1.29 is 0 Å². The molecule has 2 atom stereocenters. The van der Waals surface area contributed by atoms with Crippen LogP contribution in [0.2, 0.25) is 5.02 Å². The Kier molecular flexibility index (Phi) is 3.50. The van der Waals surface area contributed by atoms with Gasteiger partial charge >= 0.3 is 0 Å². The van der Waals surface area contributed by atoms with Gasteiger partial charge in [-0.3, -0.25) is 4.90 Å². The summed E-state index contributed by atoms with van der Waals surface area (Å²) < 4.78 is 0. The van der Waals surface area contributed by atoms with Gasteiger partial charge in [0.1, 0.15) is 17.2 Å². The van der Waals surface area contributed by atoms with Crippen molar-refractivity contribution in [3.8, 4) is 0 Å². The topological polar surface area (TPSA) is 58.3 Å². The molecule has 2 aliphatic rings. The van der Waals surface area contributed by atoms with E-state index in [1.807, 2.05) is 0 Å². The lowest BCUT2D eigenvalue weighted by atomic mass is 9.97. The number of piperazine rings is 1. The summed E-state index contributed by atoms with van der Waals surface area (Å²) >= 11 is 6.26. The molecule has 0 bridgehead atoms. The molecule has 0 saturated carbocycles. The van der Waals surface area contributed by atoms with E-state index in [0.717, 1.165) is 18.9 Å². The molecular formula is C13H20ClN5. The molecule has 19 heavy (non-hydrogen) atoms. The van der Waals surface area contributed by atoms with Gasteiger partial charge in [0.15, 0.2) is 5.82 Å². The number of piperidine rings is 1. The highest BCUT2D eigenvalue weighted by molar-refractivity contribution is 6.35. The second-order valence-electron chi connectivity index (χ2n) is 5.54. The Morgan fingerprint density at radius 1 is 1.32 bits per heavy atom. The van der Waals surface area contributed by atoms with Crippen molar-refractivity contribution >= 4 is 23.2 Å². The summed E-state index contributed by atoms with van der Waals surface area (Å²) in [7, 11) is 0. The van der Waals surface area contributed by atoms with Crippen LogP contribution < -0.4 is 10.6 Å². The maximum absolute atomic E-state index is 6.26. The summed E-state index contributed by atoms with van der Waals surface area (Å²) in [4.78, 5) is 13.2. The van der Waals surface area contributed by atoms with Gasteiger partial charge in [0.25, 0.3) is 0 Å². The molecule has 2 aliphatic heterocycles. The van der Waals surface area contributed by atoms with Crippen LogP contribution in [0.25, 0.3) is 0 Å². The first-order valence-electron chi connectivity index (χ1n) is 6.93. The summed E-state index contributed by atoms with van der Waals surface area (Å²) in [6.45, 7) is 5.50. The molecular weight excluding hydrogens is 262 g/mol. The lowest BCUT2D eigenvalue weighted by Gasteiger charge is -2.48. The van der Waals surface area contributed by atoms with Crippen LogP contribution in [0.3, 0.4) is 0 Å². The molecule has 2 fully saturated rings. The van der Waals surface area contributed by atoms with E-state index in [1.165, 1.54) is 32.1 Å². The molecule has 3 heterocycles. The number of aromatic nitrogens is 2. The normalized spacial score (nSPS) is 28.2. The predicted molar refractivity (Wildman–Crippen MR) is 77.5 cm³/mol. The smallest absolute Gasteiger partial charge is 0.153 e. The summed E-state index contributed by atoms with van der Waals surface area (Å²) in [6.07, 6.45) is 5.41. The van der Waals surface area contributed by atoms with Crippen molar-refractivity contribution in [1.82, 2.24) is 14.9 Å². The third kappa shape index (κ3) is 2.37. The maximum atomic E-state index is 6.26. The van der Waals surface area contributed by atoms with E-state index >= 15 is 0 Å². The van der Waals surface area contributed by atoms with Crippen molar-refractivity contribution in [2.24, 2.45) is 0 Å². The molecule has 0 aliphatic carbocycles. The number of hydrogen-bond donors (Lipinski definition) is 1. The molecule has 1 aromatic rings. The third-order valence-corrected chi connectivity index (χ3v) is 4.62. The summed E-state index contributed by atoms with van der Waals surface area (Å²) in [6, 6.07) is 1.03. The van der Waals surface area contributed by atoms with Crippen LogP contribution in [0, 0.1) is 0 Å². The molecule has 0 radical (unpaired) electrons. The molecule has 5 nitrogen and oxygen atoms in total. The fraction of sp³-hybridized carbons (Fsp3) is 0.692. The van der Waals surface area contributed by atoms with Crippen molar-refractivity contribution in [1.29, 1.82) is 0 Å². The summed E-state index contributed by atoms with van der Waals surface area (Å²) in [5, 5.41) is 0.485. The monoisotopic (exact) mass is 281 g/mol. The Labute approximate surface area is 118 Å². The predicted octanol–water partition coefficient (Wildman–Crippen LogP) is 1.78. The number of hydrogen-bond acceptors (Lipinski definition) is 5. The van der Waals surface area contributed by atoms with Crippen LogP contribution in [0.5, 0.6) is 0 Å². The minimum absolute atomic E-state index is 0.366. The van der Waals surface area contributed by atoms with E-state index in [0.29, 0.717) is 22.9 Å². The number of nitrogen functional groups attached to an aromatic ring is 1. The third-order valence-electron chi connectivity index (χ3n) is 4.26. The highest BCUT2D eigenvalue weighted by Crippen LogP contribution is 2.32. The zero-order valence-corrected chi connectivity index (χ0v) is 12.0. The van der Waals surface area contributed by atoms with Gasteiger partial charge in [-0.1, -0.05) is 18.0 Å². The van der Waals surface area contributed by atoms with E-state index in [9.17, 15) is 0 Å². The molecule has 2 N–H and O–H groups in total. The zero-order chi connectivity index (χ0) is 13.4. The van der Waals surface area contributed by atoms with E-state index < -0.39 is 0 Å². The van der Waals surface area contributed by atoms with Crippen LogP contribution in [-0.2, 0) is 0 Å². The highest BCUT2D eigenvalue weighted by atomic mass is 35.5. The number of nitrogens with zero attached hydrogens (tertiary/aromatic N) is 4. The number of anilines is 2. The van der Waals surface area contributed by atoms with Gasteiger partial charge in [-0.15, -0.1) is 0 Å². The zero-order valence-electron chi connectivity index (χ0n) is 11.2. The number of halogens is 1. The average molecular weight is 282 g/mol. The van der Waals surface area contributed by atoms with Crippen LogP contribution in [0.15, 0.2) is 6.33 Å². The van der Waals surface area contributed by atoms with Crippen molar-refractivity contribution in [2.45, 2.75) is 38.3 Å². The van der Waals surface area contributed by atoms with Crippen LogP contribution in [0.4, 0.5) is 11.6 Å². The van der Waals surface area contributed by atoms with Crippen molar-refractivity contribution in [2.75, 3.05) is 30.3 Å². The molecule has 3 rings (SSSR count).